The number of nitrogens with zero attached hydrogens (tertiary/aromatic N) is 2. The summed E-state index contributed by atoms with van der Waals surface area (Å²) in [6.45, 7) is 3.93. The second-order valence-electron chi connectivity index (χ2n) is 6.54. The fraction of sp³-hybridized carbons (Fsp3) is 0.238. The highest BCUT2D eigenvalue weighted by molar-refractivity contribution is 5.79. The highest BCUT2D eigenvalue weighted by Crippen LogP contribution is 2.29. The van der Waals surface area contributed by atoms with Gasteiger partial charge in [0, 0.05) is 17.8 Å². The molecule has 0 radical (unpaired) electrons. The molecule has 146 valence electrons. The zero-order valence-electron chi connectivity index (χ0n) is 15.5. The molecular formula is C21H20F3N3O. The standard InChI is InChI=1S/C21H20F3N3O/c1-14-19(15(2)27(26-14)18-6-4-3-5-7-18)12-20(28)25-13-16-8-10-17(11-9-16)21(22,23)24/h3-11H,12-13H2,1-2H3,(H,25,28). The minimum atomic E-state index is -4.37. The van der Waals surface area contributed by atoms with E-state index in [9.17, 15) is 18.0 Å². The van der Waals surface area contributed by atoms with Gasteiger partial charge in [-0.1, -0.05) is 30.3 Å². The average Bonchev–Trinajstić information content (AvgIpc) is 2.95. The van der Waals surface area contributed by atoms with E-state index in [1.54, 1.807) is 4.68 Å². The minimum absolute atomic E-state index is 0.158. The molecule has 0 atom stereocenters. The number of aromatic nitrogens is 2. The third kappa shape index (κ3) is 4.42. The van der Waals surface area contributed by atoms with Crippen LogP contribution in [0.3, 0.4) is 0 Å². The van der Waals surface area contributed by atoms with Gasteiger partial charge in [0.25, 0.3) is 0 Å². The summed E-state index contributed by atoms with van der Waals surface area (Å²) in [5.74, 6) is -0.210. The van der Waals surface area contributed by atoms with Crippen molar-refractivity contribution in [2.75, 3.05) is 0 Å². The number of aryl methyl sites for hydroxylation is 1. The molecule has 7 heteroatoms. The van der Waals surface area contributed by atoms with E-state index < -0.39 is 11.7 Å². The lowest BCUT2D eigenvalue weighted by molar-refractivity contribution is -0.137. The smallest absolute Gasteiger partial charge is 0.352 e. The number of hydrogen-bond donors (Lipinski definition) is 1. The molecule has 3 aromatic rings. The Bertz CT molecular complexity index is 961. The molecule has 0 aliphatic rings. The van der Waals surface area contributed by atoms with Gasteiger partial charge in [-0.15, -0.1) is 0 Å². The molecule has 0 saturated heterocycles. The Kier molecular flexibility index (Phi) is 5.53. The van der Waals surface area contributed by atoms with Crippen molar-refractivity contribution in [3.63, 3.8) is 0 Å². The molecule has 0 spiro atoms. The van der Waals surface area contributed by atoms with Crippen LogP contribution in [0.1, 0.15) is 28.1 Å². The highest BCUT2D eigenvalue weighted by Gasteiger charge is 2.29. The van der Waals surface area contributed by atoms with Crippen LogP contribution in [-0.4, -0.2) is 15.7 Å². The summed E-state index contributed by atoms with van der Waals surface area (Å²) in [6.07, 6.45) is -4.21. The quantitative estimate of drug-likeness (QED) is 0.707. The summed E-state index contributed by atoms with van der Waals surface area (Å²) in [4.78, 5) is 12.3. The topological polar surface area (TPSA) is 46.9 Å². The van der Waals surface area contributed by atoms with Gasteiger partial charge in [-0.2, -0.15) is 18.3 Å². The summed E-state index contributed by atoms with van der Waals surface area (Å²) >= 11 is 0. The van der Waals surface area contributed by atoms with Crippen LogP contribution < -0.4 is 5.32 Å². The Morgan fingerprint density at radius 1 is 1.04 bits per heavy atom. The lowest BCUT2D eigenvalue weighted by Gasteiger charge is -2.09. The van der Waals surface area contributed by atoms with E-state index in [0.29, 0.717) is 5.56 Å². The molecule has 0 aliphatic carbocycles. The van der Waals surface area contributed by atoms with Crippen molar-refractivity contribution >= 4 is 5.91 Å². The van der Waals surface area contributed by atoms with Crippen LogP contribution in [0.5, 0.6) is 0 Å². The Balaban J connectivity index is 1.65. The van der Waals surface area contributed by atoms with Crippen molar-refractivity contribution < 1.29 is 18.0 Å². The Hall–Kier alpha value is -3.09. The third-order valence-corrected chi connectivity index (χ3v) is 4.55. The van der Waals surface area contributed by atoms with Crippen LogP contribution in [-0.2, 0) is 23.9 Å². The maximum absolute atomic E-state index is 12.6. The summed E-state index contributed by atoms with van der Waals surface area (Å²) in [5.41, 5.74) is 3.31. The first-order valence-corrected chi connectivity index (χ1v) is 8.79. The van der Waals surface area contributed by atoms with E-state index in [-0.39, 0.29) is 18.9 Å². The van der Waals surface area contributed by atoms with E-state index in [4.69, 9.17) is 0 Å². The van der Waals surface area contributed by atoms with Crippen molar-refractivity contribution in [3.05, 3.63) is 82.7 Å². The second kappa shape index (κ2) is 7.88. The number of nitrogens with one attached hydrogen (secondary N) is 1. The molecule has 0 bridgehead atoms. The fourth-order valence-corrected chi connectivity index (χ4v) is 2.99. The monoisotopic (exact) mass is 387 g/mol. The highest BCUT2D eigenvalue weighted by atomic mass is 19.4. The fourth-order valence-electron chi connectivity index (χ4n) is 2.99. The molecule has 3 rings (SSSR count). The number of alkyl halides is 3. The molecule has 4 nitrogen and oxygen atoms in total. The third-order valence-electron chi connectivity index (χ3n) is 4.55. The molecule has 1 amide bonds. The molecule has 1 aromatic heterocycles. The molecule has 1 N–H and O–H groups in total. The van der Waals surface area contributed by atoms with Gasteiger partial charge in [0.1, 0.15) is 0 Å². The van der Waals surface area contributed by atoms with Crippen molar-refractivity contribution in [3.8, 4) is 5.69 Å². The van der Waals surface area contributed by atoms with Gasteiger partial charge in [0.15, 0.2) is 0 Å². The summed E-state index contributed by atoms with van der Waals surface area (Å²) in [6, 6.07) is 14.4. The summed E-state index contributed by atoms with van der Waals surface area (Å²) in [5, 5.41) is 7.27. The van der Waals surface area contributed by atoms with Crippen molar-refractivity contribution in [2.24, 2.45) is 0 Å². The van der Waals surface area contributed by atoms with Gasteiger partial charge < -0.3 is 5.32 Å². The van der Waals surface area contributed by atoms with Gasteiger partial charge in [-0.3, -0.25) is 4.79 Å². The number of benzene rings is 2. The van der Waals surface area contributed by atoms with E-state index >= 15 is 0 Å². The zero-order chi connectivity index (χ0) is 20.3. The summed E-state index contributed by atoms with van der Waals surface area (Å²) in [7, 11) is 0. The van der Waals surface area contributed by atoms with E-state index in [1.165, 1.54) is 12.1 Å². The first-order valence-electron chi connectivity index (χ1n) is 8.79. The van der Waals surface area contributed by atoms with Crippen LogP contribution in [0.4, 0.5) is 13.2 Å². The first kappa shape index (κ1) is 19.7. The first-order chi connectivity index (χ1) is 13.3. The van der Waals surface area contributed by atoms with Crippen LogP contribution in [0, 0.1) is 13.8 Å². The van der Waals surface area contributed by atoms with E-state index in [1.807, 2.05) is 44.2 Å². The molecule has 28 heavy (non-hydrogen) atoms. The minimum Gasteiger partial charge on any atom is -0.352 e. The normalized spacial score (nSPS) is 11.5. The number of rotatable bonds is 5. The maximum atomic E-state index is 12.6. The number of carbonyl (C=O) groups is 1. The molecule has 0 aliphatic heterocycles. The number of carbonyl (C=O) groups excluding carboxylic acids is 1. The average molecular weight is 387 g/mol. The van der Waals surface area contributed by atoms with Gasteiger partial charge in [-0.05, 0) is 43.7 Å². The molecule has 1 heterocycles. The van der Waals surface area contributed by atoms with E-state index in [0.717, 1.165) is 34.8 Å². The Labute approximate surface area is 161 Å². The molecule has 0 fully saturated rings. The van der Waals surface area contributed by atoms with Gasteiger partial charge in [-0.25, -0.2) is 4.68 Å². The number of hydrogen-bond acceptors (Lipinski definition) is 2. The Morgan fingerprint density at radius 3 is 2.29 bits per heavy atom. The van der Waals surface area contributed by atoms with Gasteiger partial charge in [0.2, 0.25) is 5.91 Å². The van der Waals surface area contributed by atoms with Crippen LogP contribution in [0.2, 0.25) is 0 Å². The lowest BCUT2D eigenvalue weighted by atomic mass is 10.1. The van der Waals surface area contributed by atoms with E-state index in [2.05, 4.69) is 10.4 Å². The van der Waals surface area contributed by atoms with Gasteiger partial charge in [0.05, 0.1) is 23.4 Å². The Morgan fingerprint density at radius 2 is 1.68 bits per heavy atom. The van der Waals surface area contributed by atoms with Crippen molar-refractivity contribution in [1.82, 2.24) is 15.1 Å². The van der Waals surface area contributed by atoms with Crippen LogP contribution >= 0.6 is 0 Å². The maximum Gasteiger partial charge on any atom is 0.416 e. The van der Waals surface area contributed by atoms with Crippen LogP contribution in [0.15, 0.2) is 54.6 Å². The number of para-hydroxylation sites is 1. The molecular weight excluding hydrogens is 367 g/mol. The molecule has 0 unspecified atom stereocenters. The summed E-state index contributed by atoms with van der Waals surface area (Å²) < 4.78 is 39.6. The predicted octanol–water partition coefficient (Wildman–Crippen LogP) is 4.37. The SMILES string of the molecule is Cc1nn(-c2ccccc2)c(C)c1CC(=O)NCc1ccc(C(F)(F)F)cc1. The van der Waals surface area contributed by atoms with Crippen molar-refractivity contribution in [1.29, 1.82) is 0 Å². The lowest BCUT2D eigenvalue weighted by Crippen LogP contribution is -2.25. The molecule has 0 saturated carbocycles. The van der Waals surface area contributed by atoms with Crippen LogP contribution in [0.25, 0.3) is 5.69 Å². The zero-order valence-corrected chi connectivity index (χ0v) is 15.5. The molecule has 2 aromatic carbocycles. The number of amides is 1. The van der Waals surface area contributed by atoms with Crippen molar-refractivity contribution in [2.45, 2.75) is 33.0 Å². The second-order valence-corrected chi connectivity index (χ2v) is 6.54. The predicted molar refractivity (Wildman–Crippen MR) is 100 cm³/mol. The van der Waals surface area contributed by atoms with Gasteiger partial charge >= 0.3 is 6.18 Å². The largest absolute Gasteiger partial charge is 0.416 e. The number of halogens is 3.